The van der Waals surface area contributed by atoms with E-state index in [9.17, 15) is 9.59 Å². The molecule has 0 radical (unpaired) electrons. The zero-order valence-electron chi connectivity index (χ0n) is 17.3. The molecule has 1 atom stereocenters. The Balaban J connectivity index is 1.13. The Kier molecular flexibility index (Phi) is 5.66. The molecule has 8 nitrogen and oxygen atoms in total. The number of ether oxygens (including phenoxy) is 1. The van der Waals surface area contributed by atoms with Crippen molar-refractivity contribution in [3.63, 3.8) is 0 Å². The lowest BCUT2D eigenvalue weighted by Crippen LogP contribution is -2.62. The average molecular weight is 452 g/mol. The fraction of sp³-hybridized carbons (Fsp3) is 0.800. The molecule has 1 aromatic rings. The molecule has 164 valence electrons. The summed E-state index contributed by atoms with van der Waals surface area (Å²) in [5.74, 6) is 1.96. The van der Waals surface area contributed by atoms with Gasteiger partial charge < -0.3 is 15.0 Å². The predicted octanol–water partition coefficient (Wildman–Crippen LogP) is 2.65. The molecule has 2 N–H and O–H groups in total. The van der Waals surface area contributed by atoms with E-state index >= 15 is 0 Å². The maximum atomic E-state index is 12.6. The lowest BCUT2D eigenvalue weighted by atomic mass is 9.53. The van der Waals surface area contributed by atoms with Gasteiger partial charge in [-0.3, -0.25) is 10.1 Å². The number of nitrogens with one attached hydrogen (secondary N) is 2. The molecule has 5 fully saturated rings. The van der Waals surface area contributed by atoms with Gasteiger partial charge in [0.25, 0.3) is 0 Å². The molecular formula is C20H29N5O3S2. The molecule has 5 aliphatic rings. The number of rotatable bonds is 5. The number of carbonyl (C=O) groups is 2. The van der Waals surface area contributed by atoms with Crippen molar-refractivity contribution in [2.24, 2.45) is 17.8 Å². The number of hydrogen-bond acceptors (Lipinski definition) is 8. The van der Waals surface area contributed by atoms with E-state index in [1.54, 1.807) is 6.92 Å². The van der Waals surface area contributed by atoms with Crippen LogP contribution in [0.4, 0.5) is 9.93 Å². The van der Waals surface area contributed by atoms with E-state index in [-0.39, 0.29) is 17.5 Å². The molecule has 4 aliphatic carbocycles. The summed E-state index contributed by atoms with van der Waals surface area (Å²) in [5.41, 5.74) is -0.0955. The number of nitrogens with zero attached hydrogens (tertiary/aromatic N) is 3. The molecule has 2 heterocycles. The van der Waals surface area contributed by atoms with Gasteiger partial charge in [-0.2, -0.15) is 0 Å². The summed E-state index contributed by atoms with van der Waals surface area (Å²) in [6.45, 7) is 4.80. The third-order valence-corrected chi connectivity index (χ3v) is 9.15. The van der Waals surface area contributed by atoms with Crippen molar-refractivity contribution >= 4 is 40.2 Å². The molecule has 1 saturated heterocycles. The number of hydrogen-bond donors (Lipinski definition) is 2. The van der Waals surface area contributed by atoms with Crippen LogP contribution in [0, 0.1) is 17.8 Å². The normalized spacial score (nSPS) is 33.4. The van der Waals surface area contributed by atoms with Crippen LogP contribution in [0.1, 0.15) is 45.4 Å². The Morgan fingerprint density at radius 1 is 1.13 bits per heavy atom. The second kappa shape index (κ2) is 8.27. The number of thioether (sulfide) groups is 1. The first-order chi connectivity index (χ1) is 14.5. The van der Waals surface area contributed by atoms with Crippen molar-refractivity contribution < 1.29 is 14.3 Å². The molecule has 4 bridgehead atoms. The molecule has 1 aromatic heterocycles. The van der Waals surface area contributed by atoms with Gasteiger partial charge in [-0.15, -0.1) is 10.2 Å². The van der Waals surface area contributed by atoms with Gasteiger partial charge in [0.05, 0.1) is 18.5 Å². The van der Waals surface area contributed by atoms with E-state index in [2.05, 4.69) is 25.7 Å². The molecule has 10 heteroatoms. The highest BCUT2D eigenvalue weighted by molar-refractivity contribution is 8.02. The van der Waals surface area contributed by atoms with Crippen molar-refractivity contribution in [2.75, 3.05) is 31.2 Å². The van der Waals surface area contributed by atoms with Crippen LogP contribution >= 0.6 is 23.1 Å². The number of aromatic nitrogens is 2. The zero-order chi connectivity index (χ0) is 20.7. The fourth-order valence-corrected chi connectivity index (χ4v) is 8.12. The summed E-state index contributed by atoms with van der Waals surface area (Å²) in [6.07, 6.45) is 7.18. The predicted molar refractivity (Wildman–Crippen MR) is 116 cm³/mol. The van der Waals surface area contributed by atoms with Gasteiger partial charge in [-0.05, 0) is 63.2 Å². The van der Waals surface area contributed by atoms with Crippen molar-refractivity contribution in [1.29, 1.82) is 0 Å². The van der Waals surface area contributed by atoms with Crippen molar-refractivity contribution in [3.8, 4) is 0 Å². The van der Waals surface area contributed by atoms with Crippen LogP contribution in [-0.4, -0.2) is 59.2 Å². The molecule has 0 aromatic carbocycles. The van der Waals surface area contributed by atoms with E-state index in [0.29, 0.717) is 13.2 Å². The monoisotopic (exact) mass is 451 g/mol. The van der Waals surface area contributed by atoms with Crippen LogP contribution in [0.3, 0.4) is 0 Å². The third-order valence-electron chi connectivity index (χ3n) is 6.98. The minimum absolute atomic E-state index is 0.0955. The number of urea groups is 1. The van der Waals surface area contributed by atoms with Crippen LogP contribution in [-0.2, 0) is 9.53 Å². The largest absolute Gasteiger partial charge is 0.378 e. The first-order valence-corrected chi connectivity index (χ1v) is 12.6. The molecule has 3 amide bonds. The molecule has 4 saturated carbocycles. The SMILES string of the molecule is CC(Sc1nnc(N2CCOCC2)s1)C(=O)NC(=O)NC12CC3CC(CC(C3)C1)C2. The summed E-state index contributed by atoms with van der Waals surface area (Å²) in [4.78, 5) is 27.3. The van der Waals surface area contributed by atoms with Crippen LogP contribution in [0.15, 0.2) is 4.34 Å². The molecule has 1 unspecified atom stereocenters. The highest BCUT2D eigenvalue weighted by atomic mass is 32.2. The lowest BCUT2D eigenvalue weighted by molar-refractivity contribution is -0.119. The Morgan fingerprint density at radius 2 is 1.77 bits per heavy atom. The highest BCUT2D eigenvalue weighted by Gasteiger charge is 2.51. The summed E-state index contributed by atoms with van der Waals surface area (Å²) in [7, 11) is 0. The van der Waals surface area contributed by atoms with Gasteiger partial charge >= 0.3 is 6.03 Å². The van der Waals surface area contributed by atoms with Gasteiger partial charge in [-0.1, -0.05) is 23.1 Å². The Morgan fingerprint density at radius 3 is 2.40 bits per heavy atom. The average Bonchev–Trinajstić information content (AvgIpc) is 3.15. The first-order valence-electron chi connectivity index (χ1n) is 10.9. The third kappa shape index (κ3) is 4.31. The molecule has 1 aliphatic heterocycles. The lowest BCUT2D eigenvalue weighted by Gasteiger charge is -2.56. The number of imide groups is 1. The van der Waals surface area contributed by atoms with E-state index < -0.39 is 5.25 Å². The Hall–Kier alpha value is -1.39. The maximum absolute atomic E-state index is 12.6. The number of carbonyl (C=O) groups excluding carboxylic acids is 2. The number of amides is 3. The fourth-order valence-electron chi connectivity index (χ4n) is 6.09. The minimum Gasteiger partial charge on any atom is -0.378 e. The topological polar surface area (TPSA) is 96.4 Å². The summed E-state index contributed by atoms with van der Waals surface area (Å²) < 4.78 is 6.10. The van der Waals surface area contributed by atoms with Gasteiger partial charge in [0, 0.05) is 18.6 Å². The second-order valence-corrected chi connectivity index (χ2v) is 11.9. The quantitative estimate of drug-likeness (QED) is 0.665. The van der Waals surface area contributed by atoms with Gasteiger partial charge in [0.2, 0.25) is 11.0 Å². The highest BCUT2D eigenvalue weighted by Crippen LogP contribution is 2.55. The second-order valence-electron chi connectivity index (χ2n) is 9.35. The van der Waals surface area contributed by atoms with Gasteiger partial charge in [-0.25, -0.2) is 4.79 Å². The Labute approximate surface area is 184 Å². The van der Waals surface area contributed by atoms with E-state index in [1.807, 2.05) is 0 Å². The summed E-state index contributed by atoms with van der Waals surface area (Å²) in [5, 5.41) is 14.6. The molecule has 30 heavy (non-hydrogen) atoms. The van der Waals surface area contributed by atoms with Crippen LogP contribution in [0.25, 0.3) is 0 Å². The van der Waals surface area contributed by atoms with Crippen molar-refractivity contribution in [2.45, 2.75) is 60.6 Å². The van der Waals surface area contributed by atoms with E-state index in [0.717, 1.165) is 59.6 Å². The number of morpholine rings is 1. The minimum atomic E-state index is -0.419. The standard InChI is InChI=1S/C20H29N5O3S2/c1-12(29-19-24-23-18(30-19)25-2-4-28-5-3-25)16(26)21-17(27)22-20-9-13-6-14(10-20)8-15(7-13)11-20/h12-15H,2-11H2,1H3,(H2,21,22,26,27). The molecular weight excluding hydrogens is 422 g/mol. The zero-order valence-corrected chi connectivity index (χ0v) is 18.9. The van der Waals surface area contributed by atoms with Gasteiger partial charge in [0.1, 0.15) is 0 Å². The van der Waals surface area contributed by atoms with E-state index in [1.165, 1.54) is 42.4 Å². The van der Waals surface area contributed by atoms with Crippen LogP contribution in [0.5, 0.6) is 0 Å². The van der Waals surface area contributed by atoms with Crippen LogP contribution < -0.4 is 15.5 Å². The first kappa shape index (κ1) is 20.5. The van der Waals surface area contributed by atoms with Crippen molar-refractivity contribution in [3.05, 3.63) is 0 Å². The number of anilines is 1. The van der Waals surface area contributed by atoms with Crippen molar-refractivity contribution in [1.82, 2.24) is 20.8 Å². The molecule has 0 spiro atoms. The summed E-state index contributed by atoms with van der Waals surface area (Å²) >= 11 is 2.82. The van der Waals surface area contributed by atoms with E-state index in [4.69, 9.17) is 4.74 Å². The maximum Gasteiger partial charge on any atom is 0.321 e. The van der Waals surface area contributed by atoms with Crippen LogP contribution in [0.2, 0.25) is 0 Å². The Bertz CT molecular complexity index is 775. The summed E-state index contributed by atoms with van der Waals surface area (Å²) in [6, 6.07) is -0.347. The van der Waals surface area contributed by atoms with Gasteiger partial charge in [0.15, 0.2) is 4.34 Å². The smallest absolute Gasteiger partial charge is 0.321 e. The molecule has 6 rings (SSSR count).